The molecule has 0 radical (unpaired) electrons. The van der Waals surface area contributed by atoms with Gasteiger partial charge in [0.05, 0.1) is 0 Å². The van der Waals surface area contributed by atoms with Gasteiger partial charge in [-0.3, -0.25) is 9.80 Å². The summed E-state index contributed by atoms with van der Waals surface area (Å²) >= 11 is 8.05. The van der Waals surface area contributed by atoms with Crippen molar-refractivity contribution in [3.8, 4) is 10.4 Å². The maximum absolute atomic E-state index is 6.13. The second kappa shape index (κ2) is 5.32. The van der Waals surface area contributed by atoms with E-state index in [2.05, 4.69) is 34.1 Å². The summed E-state index contributed by atoms with van der Waals surface area (Å²) in [4.78, 5) is 8.29. The molecule has 2 aromatic rings. The molecule has 0 amide bonds. The third kappa shape index (κ3) is 2.21. The third-order valence-electron chi connectivity index (χ3n) is 6.14. The predicted molar refractivity (Wildman–Crippen MR) is 97.1 cm³/mol. The van der Waals surface area contributed by atoms with Crippen molar-refractivity contribution in [1.29, 1.82) is 0 Å². The largest absolute Gasteiger partial charge is 0.295 e. The lowest BCUT2D eigenvalue weighted by Gasteiger charge is -2.69. The Morgan fingerprint density at radius 1 is 1.13 bits per heavy atom. The third-order valence-corrected chi connectivity index (χ3v) is 7.50. The maximum atomic E-state index is 6.13. The molecular formula is C19H21ClN2S. The first-order chi connectivity index (χ1) is 11.2. The molecule has 2 atom stereocenters. The first kappa shape index (κ1) is 14.5. The van der Waals surface area contributed by atoms with Crippen LogP contribution in [-0.4, -0.2) is 41.0 Å². The summed E-state index contributed by atoms with van der Waals surface area (Å²) in [6.45, 7) is 4.95. The Morgan fingerprint density at radius 3 is 2.83 bits per heavy atom. The number of hydrogen-bond acceptors (Lipinski definition) is 3. The van der Waals surface area contributed by atoms with Crippen LogP contribution >= 0.6 is 22.9 Å². The van der Waals surface area contributed by atoms with E-state index < -0.39 is 0 Å². The van der Waals surface area contributed by atoms with Gasteiger partial charge in [-0.1, -0.05) is 23.7 Å². The summed E-state index contributed by atoms with van der Waals surface area (Å²) < 4.78 is 0. The van der Waals surface area contributed by atoms with Gasteiger partial charge in [-0.25, -0.2) is 0 Å². The average molecular weight is 345 g/mol. The summed E-state index contributed by atoms with van der Waals surface area (Å²) in [6, 6.07) is 13.5. The Kier molecular flexibility index (Phi) is 3.35. The Balaban J connectivity index is 1.34. The fourth-order valence-corrected chi connectivity index (χ4v) is 5.96. The molecule has 1 spiro atoms. The van der Waals surface area contributed by atoms with Gasteiger partial charge in [0.25, 0.3) is 0 Å². The minimum Gasteiger partial charge on any atom is -0.295 e. The summed E-state index contributed by atoms with van der Waals surface area (Å²) in [7, 11) is 0. The van der Waals surface area contributed by atoms with Crippen LogP contribution in [0.3, 0.4) is 0 Å². The zero-order valence-corrected chi connectivity index (χ0v) is 14.7. The first-order valence-corrected chi connectivity index (χ1v) is 9.78. The molecule has 23 heavy (non-hydrogen) atoms. The van der Waals surface area contributed by atoms with E-state index in [1.165, 1.54) is 54.2 Å². The molecule has 2 aliphatic heterocycles. The number of nitrogens with zero attached hydrogens (tertiary/aromatic N) is 2. The standard InChI is InChI=1S/C19H21ClN2S/c20-15-3-1-2-14(12-15)17-5-4-16(23-17)13-21-10-11-22-9-8-19(22)7-6-18(19)21/h1-5,12,18H,6-11,13H2. The second-order valence-corrected chi connectivity index (χ2v) is 8.75. The van der Waals surface area contributed by atoms with Crippen LogP contribution in [-0.2, 0) is 6.54 Å². The van der Waals surface area contributed by atoms with E-state index in [4.69, 9.17) is 11.6 Å². The zero-order chi connectivity index (χ0) is 15.4. The second-order valence-electron chi connectivity index (χ2n) is 7.14. The molecule has 3 aliphatic rings. The van der Waals surface area contributed by atoms with Gasteiger partial charge in [0.1, 0.15) is 0 Å². The maximum Gasteiger partial charge on any atom is 0.0412 e. The molecule has 1 saturated carbocycles. The van der Waals surface area contributed by atoms with Crippen molar-refractivity contribution in [3.63, 3.8) is 0 Å². The van der Waals surface area contributed by atoms with Crippen molar-refractivity contribution in [1.82, 2.24) is 9.80 Å². The number of rotatable bonds is 3. The van der Waals surface area contributed by atoms with Crippen molar-refractivity contribution < 1.29 is 0 Å². The highest BCUT2D eigenvalue weighted by molar-refractivity contribution is 7.15. The summed E-state index contributed by atoms with van der Waals surface area (Å²) in [5, 5.41) is 0.815. The van der Waals surface area contributed by atoms with Crippen LogP contribution in [0.4, 0.5) is 0 Å². The number of benzene rings is 1. The summed E-state index contributed by atoms with van der Waals surface area (Å²) in [5.74, 6) is 0. The average Bonchev–Trinajstić information content (AvgIpc) is 2.92. The Labute approximate surface area is 146 Å². The van der Waals surface area contributed by atoms with Crippen molar-refractivity contribution in [2.45, 2.75) is 37.4 Å². The van der Waals surface area contributed by atoms with E-state index in [0.29, 0.717) is 5.54 Å². The normalized spacial score (nSPS) is 30.2. The molecule has 1 aromatic carbocycles. The molecule has 2 unspecified atom stereocenters. The highest BCUT2D eigenvalue weighted by Crippen LogP contribution is 2.52. The highest BCUT2D eigenvalue weighted by atomic mass is 35.5. The lowest BCUT2D eigenvalue weighted by atomic mass is 9.61. The minimum absolute atomic E-state index is 0.575. The van der Waals surface area contributed by atoms with Gasteiger partial charge in [-0.15, -0.1) is 11.3 Å². The molecule has 120 valence electrons. The first-order valence-electron chi connectivity index (χ1n) is 8.58. The van der Waals surface area contributed by atoms with Crippen molar-refractivity contribution in [3.05, 3.63) is 46.3 Å². The molecule has 0 bridgehead atoms. The van der Waals surface area contributed by atoms with Crippen LogP contribution in [0, 0.1) is 0 Å². The van der Waals surface area contributed by atoms with E-state index in [9.17, 15) is 0 Å². The Hall–Kier alpha value is -0.870. The van der Waals surface area contributed by atoms with Crippen LogP contribution in [0.2, 0.25) is 5.02 Å². The van der Waals surface area contributed by atoms with Crippen LogP contribution < -0.4 is 0 Å². The van der Waals surface area contributed by atoms with Crippen LogP contribution in [0.25, 0.3) is 10.4 Å². The number of thiophene rings is 1. The fraction of sp³-hybridized carbons (Fsp3) is 0.474. The zero-order valence-electron chi connectivity index (χ0n) is 13.2. The monoisotopic (exact) mass is 344 g/mol. The quantitative estimate of drug-likeness (QED) is 0.809. The van der Waals surface area contributed by atoms with Gasteiger partial charge in [0.2, 0.25) is 0 Å². The molecular weight excluding hydrogens is 324 g/mol. The highest BCUT2D eigenvalue weighted by Gasteiger charge is 2.59. The summed E-state index contributed by atoms with van der Waals surface area (Å²) in [5.41, 5.74) is 1.81. The fourth-order valence-electron chi connectivity index (χ4n) is 4.74. The van der Waals surface area contributed by atoms with E-state index in [1.807, 2.05) is 23.5 Å². The molecule has 1 aromatic heterocycles. The van der Waals surface area contributed by atoms with E-state index in [0.717, 1.165) is 17.6 Å². The van der Waals surface area contributed by atoms with Crippen LogP contribution in [0.15, 0.2) is 36.4 Å². The van der Waals surface area contributed by atoms with Gasteiger partial charge >= 0.3 is 0 Å². The molecule has 2 nitrogen and oxygen atoms in total. The molecule has 1 aliphatic carbocycles. The van der Waals surface area contributed by atoms with Gasteiger partial charge in [0.15, 0.2) is 0 Å². The molecule has 0 N–H and O–H groups in total. The van der Waals surface area contributed by atoms with Crippen LogP contribution in [0.5, 0.6) is 0 Å². The number of halogens is 1. The SMILES string of the molecule is Clc1cccc(-c2ccc(CN3CCN4CCC45CCC35)s2)c1. The molecule has 2 saturated heterocycles. The Morgan fingerprint density at radius 2 is 2.09 bits per heavy atom. The Bertz CT molecular complexity index is 738. The van der Waals surface area contributed by atoms with Crippen molar-refractivity contribution in [2.75, 3.05) is 19.6 Å². The van der Waals surface area contributed by atoms with Crippen LogP contribution in [0.1, 0.15) is 24.1 Å². The van der Waals surface area contributed by atoms with Crippen molar-refractivity contribution >= 4 is 22.9 Å². The topological polar surface area (TPSA) is 6.48 Å². The van der Waals surface area contributed by atoms with E-state index >= 15 is 0 Å². The van der Waals surface area contributed by atoms with Gasteiger partial charge < -0.3 is 0 Å². The lowest BCUT2D eigenvalue weighted by molar-refractivity contribution is -0.176. The number of piperazine rings is 1. The lowest BCUT2D eigenvalue weighted by Crippen LogP contribution is -2.79. The number of hydrogen-bond donors (Lipinski definition) is 0. The van der Waals surface area contributed by atoms with E-state index in [-0.39, 0.29) is 0 Å². The summed E-state index contributed by atoms with van der Waals surface area (Å²) in [6.07, 6.45) is 4.24. The minimum atomic E-state index is 0.575. The van der Waals surface area contributed by atoms with E-state index in [1.54, 1.807) is 0 Å². The molecule has 3 heterocycles. The molecule has 5 rings (SSSR count). The molecule has 3 fully saturated rings. The van der Waals surface area contributed by atoms with Gasteiger partial charge in [-0.2, -0.15) is 0 Å². The molecule has 4 heteroatoms. The predicted octanol–water partition coefficient (Wildman–Crippen LogP) is 4.49. The van der Waals surface area contributed by atoms with Gasteiger partial charge in [-0.05, 0) is 49.1 Å². The smallest absolute Gasteiger partial charge is 0.0412 e. The van der Waals surface area contributed by atoms with Crippen molar-refractivity contribution in [2.24, 2.45) is 0 Å². The van der Waals surface area contributed by atoms with Gasteiger partial charge in [0, 0.05) is 52.5 Å².